The molecule has 7 nitrogen and oxygen atoms in total. The molecule has 4 rings (SSSR count). The van der Waals surface area contributed by atoms with Gasteiger partial charge in [0, 0.05) is 11.3 Å². The second kappa shape index (κ2) is 9.02. The third kappa shape index (κ3) is 4.90. The van der Waals surface area contributed by atoms with Crippen LogP contribution in [0.4, 0.5) is 10.8 Å². The minimum Gasteiger partial charge on any atom is -0.497 e. The lowest BCUT2D eigenvalue weighted by molar-refractivity contribution is -0.892. The average molecular weight is 411 g/mol. The van der Waals surface area contributed by atoms with Crippen molar-refractivity contribution in [2.24, 2.45) is 0 Å². The number of nitrogens with one attached hydrogen (secondary N) is 2. The number of carbonyl (C=O) groups is 1. The number of nitrogens with zero attached hydrogens (tertiary/aromatic N) is 3. The van der Waals surface area contributed by atoms with Gasteiger partial charge < -0.3 is 14.5 Å². The molecule has 1 aromatic heterocycles. The van der Waals surface area contributed by atoms with Crippen molar-refractivity contribution >= 4 is 28.1 Å². The van der Waals surface area contributed by atoms with Gasteiger partial charge >= 0.3 is 0 Å². The average Bonchev–Trinajstić information content (AvgIpc) is 3.23. The molecule has 1 amide bonds. The minimum atomic E-state index is -0.0198. The fourth-order valence-corrected chi connectivity index (χ4v) is 4.18. The van der Waals surface area contributed by atoms with Crippen LogP contribution in [-0.4, -0.2) is 55.9 Å². The maximum atomic E-state index is 12.4. The number of carbonyl (C=O) groups excluding carboxylic acids is 1. The van der Waals surface area contributed by atoms with E-state index in [0.717, 1.165) is 42.5 Å². The van der Waals surface area contributed by atoms with Gasteiger partial charge in [-0.1, -0.05) is 41.7 Å². The van der Waals surface area contributed by atoms with E-state index in [1.54, 1.807) is 7.11 Å². The zero-order valence-electron chi connectivity index (χ0n) is 16.3. The van der Waals surface area contributed by atoms with Gasteiger partial charge in [0.15, 0.2) is 6.54 Å². The summed E-state index contributed by atoms with van der Waals surface area (Å²) in [5, 5.41) is 12.5. The Labute approximate surface area is 173 Å². The van der Waals surface area contributed by atoms with E-state index in [0.29, 0.717) is 11.7 Å². The highest BCUT2D eigenvalue weighted by atomic mass is 32.1. The van der Waals surface area contributed by atoms with Gasteiger partial charge in [-0.2, -0.15) is 0 Å². The van der Waals surface area contributed by atoms with Crippen LogP contribution in [0.1, 0.15) is 0 Å². The molecule has 0 radical (unpaired) electrons. The number of hydrogen-bond donors (Lipinski definition) is 2. The van der Waals surface area contributed by atoms with Crippen LogP contribution in [0, 0.1) is 0 Å². The quantitative estimate of drug-likeness (QED) is 0.645. The van der Waals surface area contributed by atoms with E-state index in [1.165, 1.54) is 21.9 Å². The zero-order valence-corrected chi connectivity index (χ0v) is 17.1. The molecule has 150 valence electrons. The molecule has 1 fully saturated rings. The Morgan fingerprint density at radius 1 is 1.10 bits per heavy atom. The molecule has 2 aromatic carbocycles. The summed E-state index contributed by atoms with van der Waals surface area (Å²) < 4.78 is 5.22. The van der Waals surface area contributed by atoms with Gasteiger partial charge in [0.25, 0.3) is 5.91 Å². The lowest BCUT2D eigenvalue weighted by Gasteiger charge is -2.33. The summed E-state index contributed by atoms with van der Waals surface area (Å²) >= 11 is 1.40. The maximum Gasteiger partial charge on any atom is 0.281 e. The summed E-state index contributed by atoms with van der Waals surface area (Å²) in [7, 11) is 1.67. The molecule has 0 atom stereocenters. The van der Waals surface area contributed by atoms with Crippen molar-refractivity contribution in [1.29, 1.82) is 0 Å². The van der Waals surface area contributed by atoms with Crippen molar-refractivity contribution in [3.05, 3.63) is 54.6 Å². The Bertz CT molecular complexity index is 937. The number of rotatable bonds is 6. The molecule has 0 unspecified atom stereocenters. The number of hydrogen-bond acceptors (Lipinski definition) is 6. The maximum absolute atomic E-state index is 12.4. The van der Waals surface area contributed by atoms with Crippen LogP contribution in [0.25, 0.3) is 10.6 Å². The van der Waals surface area contributed by atoms with Crippen LogP contribution in [0.3, 0.4) is 0 Å². The first kappa shape index (κ1) is 19.4. The summed E-state index contributed by atoms with van der Waals surface area (Å²) in [6, 6.07) is 18.0. The van der Waals surface area contributed by atoms with Crippen LogP contribution in [-0.2, 0) is 4.79 Å². The highest BCUT2D eigenvalue weighted by Gasteiger charge is 2.23. The predicted octanol–water partition coefficient (Wildman–Crippen LogP) is 1.56. The molecule has 3 aromatic rings. The SMILES string of the molecule is COc1ccc(N2CC[NH+](CC(=O)Nc3nnc(-c4ccccc4)s3)CC2)cc1. The molecule has 0 bridgehead atoms. The van der Waals surface area contributed by atoms with Gasteiger partial charge in [-0.15, -0.1) is 10.2 Å². The smallest absolute Gasteiger partial charge is 0.281 e. The highest BCUT2D eigenvalue weighted by Crippen LogP contribution is 2.25. The molecule has 29 heavy (non-hydrogen) atoms. The van der Waals surface area contributed by atoms with Gasteiger partial charge in [0.05, 0.1) is 33.3 Å². The van der Waals surface area contributed by atoms with Crippen molar-refractivity contribution in [1.82, 2.24) is 10.2 Å². The summed E-state index contributed by atoms with van der Waals surface area (Å²) in [4.78, 5) is 16.1. The number of quaternary nitrogens is 1. The summed E-state index contributed by atoms with van der Waals surface area (Å²) in [6.07, 6.45) is 0. The van der Waals surface area contributed by atoms with E-state index in [-0.39, 0.29) is 5.91 Å². The first-order valence-corrected chi connectivity index (χ1v) is 10.4. The van der Waals surface area contributed by atoms with E-state index in [2.05, 4.69) is 32.5 Å². The van der Waals surface area contributed by atoms with E-state index < -0.39 is 0 Å². The van der Waals surface area contributed by atoms with E-state index in [1.807, 2.05) is 42.5 Å². The van der Waals surface area contributed by atoms with E-state index in [9.17, 15) is 4.79 Å². The van der Waals surface area contributed by atoms with Crippen molar-refractivity contribution in [3.63, 3.8) is 0 Å². The Balaban J connectivity index is 1.26. The lowest BCUT2D eigenvalue weighted by Crippen LogP contribution is -3.15. The standard InChI is InChI=1S/C21H23N5O2S/c1-28-18-9-7-17(8-10-18)26-13-11-25(12-14-26)15-19(27)22-21-24-23-20(29-21)16-5-3-2-4-6-16/h2-10H,11-15H2,1H3,(H,22,24,27)/p+1. The number of benzene rings is 2. The Hall–Kier alpha value is -2.97. The fraction of sp³-hybridized carbons (Fsp3) is 0.286. The molecule has 0 spiro atoms. The monoisotopic (exact) mass is 410 g/mol. The second-order valence-electron chi connectivity index (χ2n) is 6.94. The molecule has 1 aliphatic heterocycles. The first-order valence-electron chi connectivity index (χ1n) is 9.62. The topological polar surface area (TPSA) is 71.8 Å². The minimum absolute atomic E-state index is 0.0198. The third-order valence-corrected chi connectivity index (χ3v) is 5.90. The molecule has 0 saturated carbocycles. The molecular weight excluding hydrogens is 386 g/mol. The molecular formula is C21H24N5O2S+. The Morgan fingerprint density at radius 2 is 1.83 bits per heavy atom. The number of piperazine rings is 1. The normalized spacial score (nSPS) is 14.6. The Kier molecular flexibility index (Phi) is 6.02. The zero-order chi connectivity index (χ0) is 20.1. The second-order valence-corrected chi connectivity index (χ2v) is 7.92. The largest absolute Gasteiger partial charge is 0.497 e. The summed E-state index contributed by atoms with van der Waals surface area (Å²) in [5.74, 6) is 0.843. The van der Waals surface area contributed by atoms with Gasteiger partial charge in [0.2, 0.25) is 5.13 Å². The van der Waals surface area contributed by atoms with Crippen LogP contribution < -0.4 is 19.9 Å². The fourth-order valence-electron chi connectivity index (χ4n) is 3.41. The highest BCUT2D eigenvalue weighted by molar-refractivity contribution is 7.18. The predicted molar refractivity (Wildman–Crippen MR) is 115 cm³/mol. The number of amides is 1. The first-order chi connectivity index (χ1) is 14.2. The molecule has 0 aliphatic carbocycles. The van der Waals surface area contributed by atoms with Crippen LogP contribution in [0.2, 0.25) is 0 Å². The number of ether oxygens (including phenoxy) is 1. The van der Waals surface area contributed by atoms with Gasteiger partial charge in [-0.3, -0.25) is 10.1 Å². The molecule has 1 saturated heterocycles. The molecule has 1 aliphatic rings. The molecule has 8 heteroatoms. The summed E-state index contributed by atoms with van der Waals surface area (Å²) in [5.41, 5.74) is 2.20. The van der Waals surface area contributed by atoms with E-state index in [4.69, 9.17) is 4.74 Å². The van der Waals surface area contributed by atoms with Crippen LogP contribution in [0.5, 0.6) is 5.75 Å². The van der Waals surface area contributed by atoms with E-state index >= 15 is 0 Å². The van der Waals surface area contributed by atoms with Gasteiger partial charge in [-0.05, 0) is 24.3 Å². The van der Waals surface area contributed by atoms with Crippen molar-refractivity contribution < 1.29 is 14.4 Å². The van der Waals surface area contributed by atoms with Crippen molar-refractivity contribution in [3.8, 4) is 16.3 Å². The third-order valence-electron chi connectivity index (χ3n) is 5.01. The van der Waals surface area contributed by atoms with Crippen LogP contribution in [0.15, 0.2) is 54.6 Å². The van der Waals surface area contributed by atoms with Crippen molar-refractivity contribution in [2.75, 3.05) is 50.1 Å². The number of aromatic nitrogens is 2. The number of anilines is 2. The molecule has 2 N–H and O–H groups in total. The molecule has 2 heterocycles. The lowest BCUT2D eigenvalue weighted by atomic mass is 10.2. The van der Waals surface area contributed by atoms with Gasteiger partial charge in [0.1, 0.15) is 10.8 Å². The Morgan fingerprint density at radius 3 is 2.52 bits per heavy atom. The van der Waals surface area contributed by atoms with Crippen molar-refractivity contribution in [2.45, 2.75) is 0 Å². The van der Waals surface area contributed by atoms with Crippen LogP contribution >= 0.6 is 11.3 Å². The number of methoxy groups -OCH3 is 1. The summed E-state index contributed by atoms with van der Waals surface area (Å²) in [6.45, 7) is 4.13. The van der Waals surface area contributed by atoms with Gasteiger partial charge in [-0.25, -0.2) is 0 Å².